The lowest BCUT2D eigenvalue weighted by Gasteiger charge is -2.36. The van der Waals surface area contributed by atoms with Crippen LogP contribution in [0.15, 0.2) is 24.4 Å². The highest BCUT2D eigenvalue weighted by Crippen LogP contribution is 2.13. The minimum Gasteiger partial charge on any atom is -0.392 e. The fourth-order valence-corrected chi connectivity index (χ4v) is 2.18. The SMILES string of the molecule is CC(C)C(O)CN1CCN(c2ccccn2)CC1. The van der Waals surface area contributed by atoms with Gasteiger partial charge < -0.3 is 10.0 Å². The van der Waals surface area contributed by atoms with E-state index in [9.17, 15) is 5.11 Å². The third-order valence-corrected chi connectivity index (χ3v) is 3.56. The van der Waals surface area contributed by atoms with E-state index in [-0.39, 0.29) is 6.10 Å². The molecule has 1 aromatic rings. The molecule has 1 saturated heterocycles. The Labute approximate surface area is 109 Å². The maximum atomic E-state index is 9.89. The molecule has 0 amide bonds. The van der Waals surface area contributed by atoms with Crippen molar-refractivity contribution < 1.29 is 5.11 Å². The number of piperazine rings is 1. The molecular weight excluding hydrogens is 226 g/mol. The molecule has 1 unspecified atom stereocenters. The molecule has 18 heavy (non-hydrogen) atoms. The number of hydrogen-bond donors (Lipinski definition) is 1. The Morgan fingerprint density at radius 3 is 2.50 bits per heavy atom. The molecule has 0 saturated carbocycles. The van der Waals surface area contributed by atoms with Crippen LogP contribution in [-0.4, -0.2) is 53.8 Å². The second-order valence-corrected chi connectivity index (χ2v) is 5.29. The van der Waals surface area contributed by atoms with Gasteiger partial charge in [0.25, 0.3) is 0 Å². The molecule has 2 heterocycles. The summed E-state index contributed by atoms with van der Waals surface area (Å²) in [6.45, 7) is 8.89. The first kappa shape index (κ1) is 13.3. The van der Waals surface area contributed by atoms with Crippen molar-refractivity contribution in [3.05, 3.63) is 24.4 Å². The topological polar surface area (TPSA) is 39.6 Å². The molecular formula is C14H23N3O. The van der Waals surface area contributed by atoms with Crippen LogP contribution in [0.2, 0.25) is 0 Å². The highest BCUT2D eigenvalue weighted by atomic mass is 16.3. The monoisotopic (exact) mass is 249 g/mol. The highest BCUT2D eigenvalue weighted by Gasteiger charge is 2.20. The lowest BCUT2D eigenvalue weighted by atomic mass is 10.1. The second-order valence-electron chi connectivity index (χ2n) is 5.29. The average molecular weight is 249 g/mol. The Balaban J connectivity index is 1.81. The number of aliphatic hydroxyl groups excluding tert-OH is 1. The Hall–Kier alpha value is -1.13. The number of nitrogens with zero attached hydrogens (tertiary/aromatic N) is 3. The summed E-state index contributed by atoms with van der Waals surface area (Å²) in [7, 11) is 0. The maximum absolute atomic E-state index is 9.89. The van der Waals surface area contributed by atoms with Gasteiger partial charge in [-0.1, -0.05) is 19.9 Å². The van der Waals surface area contributed by atoms with Gasteiger partial charge in [0.05, 0.1) is 6.10 Å². The summed E-state index contributed by atoms with van der Waals surface area (Å²) in [6.07, 6.45) is 1.62. The Morgan fingerprint density at radius 2 is 1.94 bits per heavy atom. The van der Waals surface area contributed by atoms with E-state index in [2.05, 4.69) is 34.7 Å². The number of anilines is 1. The predicted molar refractivity (Wildman–Crippen MR) is 73.7 cm³/mol. The van der Waals surface area contributed by atoms with Gasteiger partial charge in [0.2, 0.25) is 0 Å². The van der Waals surface area contributed by atoms with E-state index in [0.29, 0.717) is 5.92 Å². The lowest BCUT2D eigenvalue weighted by molar-refractivity contribution is 0.0739. The van der Waals surface area contributed by atoms with Gasteiger partial charge in [0.15, 0.2) is 0 Å². The minimum atomic E-state index is -0.216. The second kappa shape index (κ2) is 6.16. The summed E-state index contributed by atoms with van der Waals surface area (Å²) in [6, 6.07) is 6.02. The zero-order chi connectivity index (χ0) is 13.0. The van der Waals surface area contributed by atoms with Gasteiger partial charge in [0, 0.05) is 38.9 Å². The third kappa shape index (κ3) is 3.43. The minimum absolute atomic E-state index is 0.216. The van der Waals surface area contributed by atoms with Gasteiger partial charge in [0.1, 0.15) is 5.82 Å². The van der Waals surface area contributed by atoms with E-state index in [1.54, 1.807) is 0 Å². The van der Waals surface area contributed by atoms with E-state index in [0.717, 1.165) is 38.5 Å². The van der Waals surface area contributed by atoms with Gasteiger partial charge in [-0.05, 0) is 18.1 Å². The molecule has 0 spiro atoms. The number of β-amino-alcohol motifs (C(OH)–C–C–N with tert-alkyl or cyclic N) is 1. The van der Waals surface area contributed by atoms with Crippen molar-refractivity contribution in [2.45, 2.75) is 20.0 Å². The van der Waals surface area contributed by atoms with Gasteiger partial charge in [-0.2, -0.15) is 0 Å². The number of pyridine rings is 1. The van der Waals surface area contributed by atoms with Crippen LogP contribution in [-0.2, 0) is 0 Å². The first-order valence-corrected chi connectivity index (χ1v) is 6.73. The molecule has 1 aliphatic heterocycles. The van der Waals surface area contributed by atoms with Crippen molar-refractivity contribution in [2.24, 2.45) is 5.92 Å². The average Bonchev–Trinajstić information content (AvgIpc) is 2.40. The van der Waals surface area contributed by atoms with Gasteiger partial charge in [-0.3, -0.25) is 4.90 Å². The lowest BCUT2D eigenvalue weighted by Crippen LogP contribution is -2.49. The molecule has 4 heteroatoms. The predicted octanol–water partition coefficient (Wildman–Crippen LogP) is 1.22. The van der Waals surface area contributed by atoms with E-state index in [4.69, 9.17) is 0 Å². The van der Waals surface area contributed by atoms with E-state index >= 15 is 0 Å². The number of aromatic nitrogens is 1. The van der Waals surface area contributed by atoms with Crippen LogP contribution in [0.3, 0.4) is 0 Å². The molecule has 1 aliphatic rings. The summed E-state index contributed by atoms with van der Waals surface area (Å²) in [5, 5.41) is 9.89. The van der Waals surface area contributed by atoms with Crippen LogP contribution in [0, 0.1) is 5.92 Å². The van der Waals surface area contributed by atoms with Crippen LogP contribution in [0.5, 0.6) is 0 Å². The standard InChI is InChI=1S/C14H23N3O/c1-12(2)13(18)11-16-7-9-17(10-8-16)14-5-3-4-6-15-14/h3-6,12-13,18H,7-11H2,1-2H3. The Kier molecular flexibility index (Phi) is 4.55. The summed E-state index contributed by atoms with van der Waals surface area (Å²) in [5.74, 6) is 1.39. The summed E-state index contributed by atoms with van der Waals surface area (Å²) < 4.78 is 0. The fourth-order valence-electron chi connectivity index (χ4n) is 2.18. The van der Waals surface area contributed by atoms with Crippen LogP contribution < -0.4 is 4.90 Å². The van der Waals surface area contributed by atoms with Gasteiger partial charge in [-0.15, -0.1) is 0 Å². The van der Waals surface area contributed by atoms with Crippen LogP contribution in [0.1, 0.15) is 13.8 Å². The van der Waals surface area contributed by atoms with Crippen molar-refractivity contribution in [3.8, 4) is 0 Å². The highest BCUT2D eigenvalue weighted by molar-refractivity contribution is 5.38. The van der Waals surface area contributed by atoms with Gasteiger partial charge in [-0.25, -0.2) is 4.98 Å². The number of aliphatic hydroxyl groups is 1. The normalized spacial score (nSPS) is 19.2. The van der Waals surface area contributed by atoms with Crippen molar-refractivity contribution in [1.29, 1.82) is 0 Å². The summed E-state index contributed by atoms with van der Waals surface area (Å²) in [5.41, 5.74) is 0. The van der Waals surface area contributed by atoms with Crippen LogP contribution in [0.4, 0.5) is 5.82 Å². The van der Waals surface area contributed by atoms with Crippen molar-refractivity contribution in [1.82, 2.24) is 9.88 Å². The van der Waals surface area contributed by atoms with Crippen molar-refractivity contribution in [2.75, 3.05) is 37.6 Å². The quantitative estimate of drug-likeness (QED) is 0.871. The number of hydrogen-bond acceptors (Lipinski definition) is 4. The molecule has 2 rings (SSSR count). The molecule has 0 aromatic carbocycles. The van der Waals surface area contributed by atoms with Crippen LogP contribution in [0.25, 0.3) is 0 Å². The molecule has 0 radical (unpaired) electrons. The molecule has 1 aromatic heterocycles. The van der Waals surface area contributed by atoms with Crippen molar-refractivity contribution >= 4 is 5.82 Å². The molecule has 0 bridgehead atoms. The first-order chi connectivity index (χ1) is 8.66. The first-order valence-electron chi connectivity index (χ1n) is 6.73. The molecule has 4 nitrogen and oxygen atoms in total. The summed E-state index contributed by atoms with van der Waals surface area (Å²) in [4.78, 5) is 9.02. The Bertz CT molecular complexity index is 347. The smallest absolute Gasteiger partial charge is 0.128 e. The maximum Gasteiger partial charge on any atom is 0.128 e. The Morgan fingerprint density at radius 1 is 1.22 bits per heavy atom. The molecule has 1 N–H and O–H groups in total. The van der Waals surface area contributed by atoms with Crippen LogP contribution >= 0.6 is 0 Å². The molecule has 1 fully saturated rings. The molecule has 0 aliphatic carbocycles. The summed E-state index contributed by atoms with van der Waals surface area (Å²) >= 11 is 0. The fraction of sp³-hybridized carbons (Fsp3) is 0.643. The third-order valence-electron chi connectivity index (χ3n) is 3.56. The largest absolute Gasteiger partial charge is 0.392 e. The number of rotatable bonds is 4. The zero-order valence-electron chi connectivity index (χ0n) is 11.3. The van der Waals surface area contributed by atoms with E-state index in [1.165, 1.54) is 0 Å². The molecule has 1 atom stereocenters. The van der Waals surface area contributed by atoms with E-state index < -0.39 is 0 Å². The van der Waals surface area contributed by atoms with Gasteiger partial charge >= 0.3 is 0 Å². The molecule has 100 valence electrons. The van der Waals surface area contributed by atoms with Crippen molar-refractivity contribution in [3.63, 3.8) is 0 Å². The zero-order valence-corrected chi connectivity index (χ0v) is 11.3. The van der Waals surface area contributed by atoms with E-state index in [1.807, 2.05) is 18.3 Å².